The van der Waals surface area contributed by atoms with Crippen LogP contribution in [0.25, 0.3) is 0 Å². The van der Waals surface area contributed by atoms with E-state index in [4.69, 9.17) is 5.73 Å². The van der Waals surface area contributed by atoms with E-state index in [1.165, 1.54) is 6.26 Å². The van der Waals surface area contributed by atoms with Gasteiger partial charge in [0.25, 0.3) is 0 Å². The molecule has 0 fully saturated rings. The largest absolute Gasteiger partial charge is 0.323 e. The molecule has 2 atom stereocenters. The zero-order valence-electron chi connectivity index (χ0n) is 9.97. The van der Waals surface area contributed by atoms with Crippen LogP contribution >= 0.6 is 0 Å². The molecule has 1 aromatic carbocycles. The molecule has 1 aromatic rings. The summed E-state index contributed by atoms with van der Waals surface area (Å²) in [5, 5.41) is -0.506. The highest BCUT2D eigenvalue weighted by Gasteiger charge is 2.27. The quantitative estimate of drug-likeness (QED) is 0.874. The Morgan fingerprint density at radius 3 is 2.31 bits per heavy atom. The molecule has 0 aromatic heterocycles. The molecule has 16 heavy (non-hydrogen) atoms. The average molecular weight is 241 g/mol. The molecule has 0 aliphatic rings. The molecule has 3 nitrogen and oxygen atoms in total. The van der Waals surface area contributed by atoms with Crippen LogP contribution in [0.5, 0.6) is 0 Å². The minimum Gasteiger partial charge on any atom is -0.323 e. The SMILES string of the molecule is CC[C@H]([C@@H](N)c1ccccc1C)S(C)(=O)=O. The van der Waals surface area contributed by atoms with Crippen LogP contribution < -0.4 is 5.73 Å². The first-order chi connectivity index (χ1) is 7.38. The molecule has 4 heteroatoms. The van der Waals surface area contributed by atoms with E-state index < -0.39 is 21.1 Å². The molecule has 0 aliphatic carbocycles. The van der Waals surface area contributed by atoms with Crippen molar-refractivity contribution in [1.82, 2.24) is 0 Å². The Hall–Kier alpha value is -0.870. The first-order valence-electron chi connectivity index (χ1n) is 5.38. The third kappa shape index (κ3) is 2.83. The summed E-state index contributed by atoms with van der Waals surface area (Å²) in [6, 6.07) is 7.21. The van der Waals surface area contributed by atoms with E-state index >= 15 is 0 Å². The van der Waals surface area contributed by atoms with Crippen LogP contribution in [-0.4, -0.2) is 19.9 Å². The predicted molar refractivity (Wildman–Crippen MR) is 67.0 cm³/mol. The zero-order chi connectivity index (χ0) is 12.3. The van der Waals surface area contributed by atoms with Crippen LogP contribution in [0.1, 0.15) is 30.5 Å². The maximum atomic E-state index is 11.6. The van der Waals surface area contributed by atoms with Gasteiger partial charge in [-0.2, -0.15) is 0 Å². The Kier molecular flexibility index (Phi) is 4.10. The lowest BCUT2D eigenvalue weighted by molar-refractivity contribution is 0.552. The summed E-state index contributed by atoms with van der Waals surface area (Å²) >= 11 is 0. The van der Waals surface area contributed by atoms with E-state index in [1.807, 2.05) is 38.1 Å². The first-order valence-corrected chi connectivity index (χ1v) is 7.33. The summed E-state index contributed by atoms with van der Waals surface area (Å²) in [4.78, 5) is 0. The third-order valence-corrected chi connectivity index (χ3v) is 4.63. The second kappa shape index (κ2) is 4.97. The summed E-state index contributed by atoms with van der Waals surface area (Å²) in [5.74, 6) is 0. The van der Waals surface area contributed by atoms with Crippen LogP contribution in [0.4, 0.5) is 0 Å². The molecule has 90 valence electrons. The topological polar surface area (TPSA) is 60.2 Å². The second-order valence-corrected chi connectivity index (χ2v) is 6.42. The van der Waals surface area contributed by atoms with Crippen molar-refractivity contribution in [3.05, 3.63) is 35.4 Å². The van der Waals surface area contributed by atoms with E-state index in [0.29, 0.717) is 6.42 Å². The van der Waals surface area contributed by atoms with Gasteiger partial charge in [0.2, 0.25) is 0 Å². The number of hydrogen-bond acceptors (Lipinski definition) is 3. The van der Waals surface area contributed by atoms with Crippen LogP contribution in [-0.2, 0) is 9.84 Å². The maximum Gasteiger partial charge on any atom is 0.152 e. The van der Waals surface area contributed by atoms with E-state index in [1.54, 1.807) is 0 Å². The molecule has 0 spiro atoms. The van der Waals surface area contributed by atoms with Gasteiger partial charge < -0.3 is 5.73 Å². The Bertz CT molecular complexity index is 454. The summed E-state index contributed by atoms with van der Waals surface area (Å²) in [5.41, 5.74) is 8.01. The minimum atomic E-state index is -3.10. The third-order valence-electron chi connectivity index (χ3n) is 2.90. The average Bonchev–Trinajstić information content (AvgIpc) is 2.17. The smallest absolute Gasteiger partial charge is 0.152 e. The van der Waals surface area contributed by atoms with Gasteiger partial charge in [-0.1, -0.05) is 31.2 Å². The van der Waals surface area contributed by atoms with E-state index in [0.717, 1.165) is 11.1 Å². The van der Waals surface area contributed by atoms with Crippen molar-refractivity contribution < 1.29 is 8.42 Å². The highest BCUT2D eigenvalue weighted by atomic mass is 32.2. The number of hydrogen-bond donors (Lipinski definition) is 1. The highest BCUT2D eigenvalue weighted by Crippen LogP contribution is 2.24. The Morgan fingerprint density at radius 2 is 1.88 bits per heavy atom. The molecular formula is C12H19NO2S. The van der Waals surface area contributed by atoms with Crippen molar-refractivity contribution in [2.45, 2.75) is 31.6 Å². The molecule has 0 heterocycles. The fraction of sp³-hybridized carbons (Fsp3) is 0.500. The van der Waals surface area contributed by atoms with Gasteiger partial charge >= 0.3 is 0 Å². The lowest BCUT2D eigenvalue weighted by Gasteiger charge is -2.22. The van der Waals surface area contributed by atoms with E-state index in [-0.39, 0.29) is 0 Å². The van der Waals surface area contributed by atoms with E-state index in [9.17, 15) is 8.42 Å². The zero-order valence-corrected chi connectivity index (χ0v) is 10.8. The minimum absolute atomic E-state index is 0.443. The van der Waals surface area contributed by atoms with Crippen LogP contribution in [0.2, 0.25) is 0 Å². The summed E-state index contributed by atoms with van der Waals surface area (Å²) in [6.07, 6.45) is 1.79. The number of nitrogens with two attached hydrogens (primary N) is 1. The maximum absolute atomic E-state index is 11.6. The summed E-state index contributed by atoms with van der Waals surface area (Å²) in [7, 11) is -3.10. The number of aryl methyl sites for hydroxylation is 1. The molecule has 0 radical (unpaired) electrons. The van der Waals surface area contributed by atoms with Crippen LogP contribution in [0.3, 0.4) is 0 Å². The highest BCUT2D eigenvalue weighted by molar-refractivity contribution is 7.91. The monoisotopic (exact) mass is 241 g/mol. The predicted octanol–water partition coefficient (Wildman–Crippen LogP) is 1.82. The van der Waals surface area contributed by atoms with Crippen molar-refractivity contribution in [3.8, 4) is 0 Å². The normalized spacial score (nSPS) is 15.8. The van der Waals surface area contributed by atoms with Crippen molar-refractivity contribution in [2.24, 2.45) is 5.73 Å². The van der Waals surface area contributed by atoms with Crippen molar-refractivity contribution in [3.63, 3.8) is 0 Å². The Balaban J connectivity index is 3.10. The molecule has 0 bridgehead atoms. The molecular weight excluding hydrogens is 222 g/mol. The molecule has 2 N–H and O–H groups in total. The Morgan fingerprint density at radius 1 is 1.31 bits per heavy atom. The second-order valence-electron chi connectivity index (χ2n) is 4.16. The van der Waals surface area contributed by atoms with Gasteiger partial charge in [0.1, 0.15) is 0 Å². The van der Waals surface area contributed by atoms with Crippen LogP contribution in [0.15, 0.2) is 24.3 Å². The molecule has 0 saturated carbocycles. The molecule has 0 aliphatic heterocycles. The first kappa shape index (κ1) is 13.2. The van der Waals surface area contributed by atoms with Gasteiger partial charge in [-0.15, -0.1) is 0 Å². The Labute approximate surface area is 97.6 Å². The van der Waals surface area contributed by atoms with Crippen LogP contribution in [0, 0.1) is 6.92 Å². The lowest BCUT2D eigenvalue weighted by atomic mass is 9.98. The standard InChI is InChI=1S/C12H19NO2S/c1-4-11(16(3,14)15)12(13)10-8-6-5-7-9(10)2/h5-8,11-12H,4,13H2,1-3H3/t11-,12+/m1/s1. The fourth-order valence-electron chi connectivity index (χ4n) is 1.98. The van der Waals surface area contributed by atoms with Crippen molar-refractivity contribution in [1.29, 1.82) is 0 Å². The van der Waals surface area contributed by atoms with Crippen molar-refractivity contribution in [2.75, 3.05) is 6.26 Å². The van der Waals surface area contributed by atoms with Gasteiger partial charge in [-0.05, 0) is 24.5 Å². The fourth-order valence-corrected chi connectivity index (χ4v) is 3.27. The lowest BCUT2D eigenvalue weighted by Crippen LogP contribution is -2.33. The number of benzene rings is 1. The summed E-state index contributed by atoms with van der Waals surface area (Å²) in [6.45, 7) is 3.80. The molecule has 0 amide bonds. The summed E-state index contributed by atoms with van der Waals surface area (Å²) < 4.78 is 23.2. The van der Waals surface area contributed by atoms with Gasteiger partial charge in [-0.25, -0.2) is 8.42 Å². The molecule has 0 unspecified atom stereocenters. The van der Waals surface area contributed by atoms with Gasteiger partial charge in [-0.3, -0.25) is 0 Å². The molecule has 0 saturated heterocycles. The number of sulfone groups is 1. The van der Waals surface area contributed by atoms with Gasteiger partial charge in [0, 0.05) is 12.3 Å². The number of rotatable bonds is 4. The molecule has 1 rings (SSSR count). The van der Waals surface area contributed by atoms with Gasteiger partial charge in [0.15, 0.2) is 9.84 Å². The van der Waals surface area contributed by atoms with Crippen molar-refractivity contribution >= 4 is 9.84 Å². The van der Waals surface area contributed by atoms with E-state index in [2.05, 4.69) is 0 Å². The van der Waals surface area contributed by atoms with Gasteiger partial charge in [0.05, 0.1) is 5.25 Å².